The maximum Gasteiger partial charge on any atom is -0.000718 e. The first-order chi connectivity index (χ1) is 18.3. The third kappa shape index (κ3) is 1.96. The second-order valence-corrected chi connectivity index (χ2v) is 10.9. The third-order valence-corrected chi connectivity index (χ3v) is 9.19. The van der Waals surface area contributed by atoms with E-state index in [1.54, 1.807) is 0 Å². The zero-order valence-corrected chi connectivity index (χ0v) is 20.3. The molecule has 0 saturated carbocycles. The molecule has 10 rings (SSSR count). The van der Waals surface area contributed by atoms with Crippen LogP contribution < -0.4 is 0 Å². The van der Waals surface area contributed by atoms with Gasteiger partial charge in [-0.25, -0.2) is 0 Å². The highest BCUT2D eigenvalue weighted by molar-refractivity contribution is 6.51. The lowest BCUT2D eigenvalue weighted by molar-refractivity contribution is 1.56. The van der Waals surface area contributed by atoms with Gasteiger partial charge in [0.25, 0.3) is 0 Å². The number of rotatable bonds is 0. The van der Waals surface area contributed by atoms with Crippen LogP contribution in [0.3, 0.4) is 0 Å². The second-order valence-electron chi connectivity index (χ2n) is 10.9. The van der Waals surface area contributed by atoms with Crippen LogP contribution in [0.15, 0.2) is 103 Å². The highest BCUT2D eigenvalue weighted by atomic mass is 14.3. The van der Waals surface area contributed by atoms with Crippen LogP contribution in [0, 0.1) is 6.92 Å². The first-order valence-corrected chi connectivity index (χ1v) is 13.1. The molecule has 0 aliphatic carbocycles. The molecule has 0 radical (unpaired) electrons. The van der Waals surface area contributed by atoms with Crippen molar-refractivity contribution in [1.29, 1.82) is 0 Å². The fourth-order valence-corrected chi connectivity index (χ4v) is 7.77. The Hall–Kier alpha value is -4.68. The Labute approximate surface area is 212 Å². The standard InChI is InChI=1S/C37H20/c1-19-18-30-28-16-12-20-10-14-26-23-7-3-4-8-24(23)27-15-11-21-13-17-29(33(30)25-9-5-2-6-22(19)25)37-32(21)35(27)34(26)31(20)36(28)37/h2-18H,1H3. The molecular weight excluding hydrogens is 444 g/mol. The maximum atomic E-state index is 2.43. The number of hydrogen-bond acceptors (Lipinski definition) is 0. The average Bonchev–Trinajstić information content (AvgIpc) is 2.95. The minimum Gasteiger partial charge on any atom is -0.0616 e. The van der Waals surface area contributed by atoms with Gasteiger partial charge >= 0.3 is 0 Å². The summed E-state index contributed by atoms with van der Waals surface area (Å²) in [5.74, 6) is 0. The highest BCUT2D eigenvalue weighted by Gasteiger charge is 2.24. The minimum atomic E-state index is 1.33. The van der Waals surface area contributed by atoms with Crippen LogP contribution in [0.4, 0.5) is 0 Å². The van der Waals surface area contributed by atoms with Crippen molar-refractivity contribution >= 4 is 97.0 Å². The average molecular weight is 465 g/mol. The van der Waals surface area contributed by atoms with E-state index in [0.717, 1.165) is 0 Å². The molecule has 0 aliphatic heterocycles. The van der Waals surface area contributed by atoms with Crippen molar-refractivity contribution in [3.05, 3.63) is 109 Å². The summed E-state index contributed by atoms with van der Waals surface area (Å²) in [6.07, 6.45) is 0. The molecule has 0 saturated heterocycles. The predicted molar refractivity (Wildman–Crippen MR) is 162 cm³/mol. The van der Waals surface area contributed by atoms with E-state index in [-0.39, 0.29) is 0 Å². The van der Waals surface area contributed by atoms with E-state index in [1.807, 2.05) is 0 Å². The molecule has 0 amide bonds. The summed E-state index contributed by atoms with van der Waals surface area (Å²) in [6.45, 7) is 2.26. The summed E-state index contributed by atoms with van der Waals surface area (Å²) in [6, 6.07) is 39.2. The first kappa shape index (κ1) is 18.6. The molecule has 0 N–H and O–H groups in total. The lowest BCUT2D eigenvalue weighted by atomic mass is 9.79. The van der Waals surface area contributed by atoms with E-state index < -0.39 is 0 Å². The molecule has 0 aliphatic rings. The lowest BCUT2D eigenvalue weighted by Gasteiger charge is -2.24. The van der Waals surface area contributed by atoms with E-state index in [1.165, 1.54) is 103 Å². The molecule has 0 heterocycles. The summed E-state index contributed by atoms with van der Waals surface area (Å²) >= 11 is 0. The fraction of sp³-hybridized carbons (Fsp3) is 0.0270. The van der Waals surface area contributed by atoms with Gasteiger partial charge in [-0.1, -0.05) is 103 Å². The third-order valence-electron chi connectivity index (χ3n) is 9.19. The molecule has 0 aromatic heterocycles. The van der Waals surface area contributed by atoms with Crippen molar-refractivity contribution in [2.75, 3.05) is 0 Å². The van der Waals surface area contributed by atoms with Crippen LogP contribution >= 0.6 is 0 Å². The number of benzene rings is 10. The van der Waals surface area contributed by atoms with E-state index in [9.17, 15) is 0 Å². The summed E-state index contributed by atoms with van der Waals surface area (Å²) in [4.78, 5) is 0. The van der Waals surface area contributed by atoms with E-state index in [2.05, 4.69) is 110 Å². The smallest absolute Gasteiger partial charge is 0.000718 e. The van der Waals surface area contributed by atoms with Gasteiger partial charge in [-0.15, -0.1) is 0 Å². The van der Waals surface area contributed by atoms with Crippen molar-refractivity contribution < 1.29 is 0 Å². The van der Waals surface area contributed by atoms with Gasteiger partial charge in [0.1, 0.15) is 0 Å². The molecular formula is C37H20. The van der Waals surface area contributed by atoms with Gasteiger partial charge in [0.05, 0.1) is 0 Å². The van der Waals surface area contributed by atoms with Crippen molar-refractivity contribution in [1.82, 2.24) is 0 Å². The first-order valence-electron chi connectivity index (χ1n) is 13.1. The van der Waals surface area contributed by atoms with Crippen molar-refractivity contribution in [2.24, 2.45) is 0 Å². The summed E-state index contributed by atoms with van der Waals surface area (Å²) in [5.41, 5.74) is 1.34. The lowest BCUT2D eigenvalue weighted by Crippen LogP contribution is -1.95. The van der Waals surface area contributed by atoms with Crippen LogP contribution in [0.25, 0.3) is 97.0 Å². The molecule has 37 heavy (non-hydrogen) atoms. The Morgan fingerprint density at radius 2 is 0.703 bits per heavy atom. The van der Waals surface area contributed by atoms with Crippen molar-refractivity contribution in [3.63, 3.8) is 0 Å². The number of hydrogen-bond donors (Lipinski definition) is 0. The molecule has 168 valence electrons. The molecule has 10 aromatic rings. The van der Waals surface area contributed by atoms with Crippen molar-refractivity contribution in [2.45, 2.75) is 6.92 Å². The van der Waals surface area contributed by atoms with Gasteiger partial charge in [-0.3, -0.25) is 0 Å². The van der Waals surface area contributed by atoms with Crippen LogP contribution in [-0.4, -0.2) is 0 Å². The normalized spacial score (nSPS) is 13.0. The molecule has 0 heteroatoms. The SMILES string of the molecule is Cc1cc2c3ccc4ccc5c6ccccc6c6ccc7ccc(c2c2ccccc12)c1c7c6c5c4c31. The Morgan fingerprint density at radius 1 is 0.297 bits per heavy atom. The largest absolute Gasteiger partial charge is 0.0616 e. The van der Waals surface area contributed by atoms with Gasteiger partial charge in [0.2, 0.25) is 0 Å². The topological polar surface area (TPSA) is 0 Å². The molecule has 0 fully saturated rings. The maximum absolute atomic E-state index is 2.43. The van der Waals surface area contributed by atoms with Crippen molar-refractivity contribution in [3.8, 4) is 0 Å². The second kappa shape index (κ2) is 5.99. The number of aryl methyl sites for hydroxylation is 1. The Balaban J connectivity index is 1.69. The molecule has 0 nitrogen and oxygen atoms in total. The molecule has 10 aromatic carbocycles. The predicted octanol–water partition coefficient (Wildman–Crippen LogP) is 10.7. The molecule has 0 unspecified atom stereocenters. The zero-order valence-electron chi connectivity index (χ0n) is 20.3. The van der Waals surface area contributed by atoms with Crippen LogP contribution in [0.2, 0.25) is 0 Å². The number of fused-ring (bicyclic) bond motifs is 8. The van der Waals surface area contributed by atoms with Crippen LogP contribution in [0.1, 0.15) is 5.56 Å². The van der Waals surface area contributed by atoms with Crippen LogP contribution in [0.5, 0.6) is 0 Å². The Kier molecular flexibility index (Phi) is 3.01. The molecule has 0 spiro atoms. The quantitative estimate of drug-likeness (QED) is 0.155. The van der Waals surface area contributed by atoms with E-state index in [4.69, 9.17) is 0 Å². The monoisotopic (exact) mass is 464 g/mol. The summed E-state index contributed by atoms with van der Waals surface area (Å²) in [5, 5.41) is 24.9. The fourth-order valence-electron chi connectivity index (χ4n) is 7.77. The van der Waals surface area contributed by atoms with Gasteiger partial charge in [0, 0.05) is 0 Å². The van der Waals surface area contributed by atoms with Crippen LogP contribution in [-0.2, 0) is 0 Å². The van der Waals surface area contributed by atoms with Gasteiger partial charge in [-0.2, -0.15) is 0 Å². The highest BCUT2D eigenvalue weighted by Crippen LogP contribution is 2.53. The van der Waals surface area contributed by atoms with Gasteiger partial charge in [-0.05, 0) is 109 Å². The van der Waals surface area contributed by atoms with E-state index in [0.29, 0.717) is 0 Å². The van der Waals surface area contributed by atoms with Gasteiger partial charge in [0.15, 0.2) is 0 Å². The Bertz CT molecular complexity index is 2560. The molecule has 0 atom stereocenters. The zero-order chi connectivity index (χ0) is 24.0. The van der Waals surface area contributed by atoms with E-state index >= 15 is 0 Å². The minimum absolute atomic E-state index is 1.33. The summed E-state index contributed by atoms with van der Waals surface area (Å²) in [7, 11) is 0. The Morgan fingerprint density at radius 3 is 1.27 bits per heavy atom. The summed E-state index contributed by atoms with van der Waals surface area (Å²) < 4.78 is 0. The van der Waals surface area contributed by atoms with Gasteiger partial charge < -0.3 is 0 Å². The molecule has 0 bridgehead atoms.